The molecule has 10 heavy (non-hydrogen) atoms. The van der Waals surface area contributed by atoms with Gasteiger partial charge in [0, 0.05) is 19.4 Å². The fourth-order valence-electron chi connectivity index (χ4n) is 0.599. The molecule has 1 aromatic rings. The Morgan fingerprint density at radius 2 is 2.60 bits per heavy atom. The van der Waals surface area contributed by atoms with E-state index in [4.69, 9.17) is 0 Å². The zero-order valence-corrected chi connectivity index (χ0v) is 7.22. The van der Waals surface area contributed by atoms with Crippen molar-refractivity contribution in [1.82, 2.24) is 9.55 Å². The van der Waals surface area contributed by atoms with Crippen molar-refractivity contribution in [3.05, 3.63) is 18.2 Å². The first-order valence-electron chi connectivity index (χ1n) is 2.86. The van der Waals surface area contributed by atoms with Crippen molar-refractivity contribution < 1.29 is 0 Å². The van der Waals surface area contributed by atoms with Gasteiger partial charge in [-0.2, -0.15) is 0 Å². The standard InChI is InChI=1S/C7H7BrN2/c1-10-6-5-9-7(10)3-2-4-8/h5-6H,4H2,1H3. The predicted octanol–water partition coefficient (Wildman–Crippen LogP) is 1.17. The van der Waals surface area contributed by atoms with Gasteiger partial charge < -0.3 is 4.57 Å². The van der Waals surface area contributed by atoms with Crippen LogP contribution in [0.1, 0.15) is 5.82 Å². The van der Waals surface area contributed by atoms with Crippen LogP contribution in [0.15, 0.2) is 12.4 Å². The molecule has 2 nitrogen and oxygen atoms in total. The lowest BCUT2D eigenvalue weighted by molar-refractivity contribution is 0.893. The monoisotopic (exact) mass is 198 g/mol. The molecule has 0 bridgehead atoms. The van der Waals surface area contributed by atoms with Gasteiger partial charge in [-0.3, -0.25) is 0 Å². The van der Waals surface area contributed by atoms with E-state index in [9.17, 15) is 0 Å². The Morgan fingerprint density at radius 3 is 3.10 bits per heavy atom. The van der Waals surface area contributed by atoms with Crippen molar-refractivity contribution in [2.45, 2.75) is 0 Å². The SMILES string of the molecule is Cn1ccnc1C#CCBr. The van der Waals surface area contributed by atoms with Gasteiger partial charge in [-0.25, -0.2) is 4.98 Å². The molecule has 1 heterocycles. The Morgan fingerprint density at radius 1 is 1.80 bits per heavy atom. The van der Waals surface area contributed by atoms with Crippen LogP contribution in [0, 0.1) is 11.8 Å². The number of rotatable bonds is 0. The van der Waals surface area contributed by atoms with Crippen LogP contribution < -0.4 is 0 Å². The fraction of sp³-hybridized carbons (Fsp3) is 0.286. The first kappa shape index (κ1) is 7.36. The number of nitrogens with zero attached hydrogens (tertiary/aromatic N) is 2. The summed E-state index contributed by atoms with van der Waals surface area (Å²) in [5.74, 6) is 6.58. The molecule has 0 saturated carbocycles. The highest BCUT2D eigenvalue weighted by Crippen LogP contribution is 1.89. The summed E-state index contributed by atoms with van der Waals surface area (Å²) in [5, 5.41) is 0.694. The normalized spacial score (nSPS) is 8.60. The van der Waals surface area contributed by atoms with E-state index in [2.05, 4.69) is 32.8 Å². The summed E-state index contributed by atoms with van der Waals surface area (Å²) in [6.07, 6.45) is 3.61. The first-order chi connectivity index (χ1) is 4.84. The second kappa shape index (κ2) is 3.43. The number of hydrogen-bond acceptors (Lipinski definition) is 1. The molecular formula is C7H7BrN2. The molecule has 0 saturated heterocycles. The predicted molar refractivity (Wildman–Crippen MR) is 43.9 cm³/mol. The Hall–Kier alpha value is -0.750. The van der Waals surface area contributed by atoms with E-state index in [1.54, 1.807) is 6.20 Å². The molecule has 0 N–H and O–H groups in total. The minimum atomic E-state index is 0.694. The Balaban J connectivity index is 2.84. The zero-order chi connectivity index (χ0) is 7.40. The smallest absolute Gasteiger partial charge is 0.185 e. The van der Waals surface area contributed by atoms with Gasteiger partial charge in [0.15, 0.2) is 5.82 Å². The van der Waals surface area contributed by atoms with E-state index >= 15 is 0 Å². The largest absolute Gasteiger partial charge is 0.327 e. The van der Waals surface area contributed by atoms with E-state index in [0.717, 1.165) is 5.82 Å². The average Bonchev–Trinajstić information content (AvgIpc) is 2.31. The Kier molecular flexibility index (Phi) is 2.52. The fourth-order valence-corrected chi connectivity index (χ4v) is 0.739. The molecule has 0 spiro atoms. The van der Waals surface area contributed by atoms with Crippen LogP contribution in [0.3, 0.4) is 0 Å². The van der Waals surface area contributed by atoms with Gasteiger partial charge in [0.1, 0.15) is 0 Å². The highest BCUT2D eigenvalue weighted by atomic mass is 79.9. The molecule has 1 aromatic heterocycles. The third-order valence-electron chi connectivity index (χ3n) is 1.09. The van der Waals surface area contributed by atoms with Crippen molar-refractivity contribution in [3.8, 4) is 11.8 Å². The quantitative estimate of drug-likeness (QED) is 0.453. The van der Waals surface area contributed by atoms with Crippen molar-refractivity contribution in [1.29, 1.82) is 0 Å². The molecule has 0 aliphatic rings. The third kappa shape index (κ3) is 1.61. The van der Waals surface area contributed by atoms with Crippen LogP contribution >= 0.6 is 15.9 Å². The van der Waals surface area contributed by atoms with Crippen LogP contribution in [0.4, 0.5) is 0 Å². The van der Waals surface area contributed by atoms with E-state index < -0.39 is 0 Å². The van der Waals surface area contributed by atoms with Gasteiger partial charge in [-0.05, 0) is 5.92 Å². The summed E-state index contributed by atoms with van der Waals surface area (Å²) in [7, 11) is 1.92. The van der Waals surface area contributed by atoms with Gasteiger partial charge in [0.05, 0.1) is 5.33 Å². The summed E-state index contributed by atoms with van der Waals surface area (Å²) >= 11 is 3.21. The number of aromatic nitrogens is 2. The van der Waals surface area contributed by atoms with E-state index in [0.29, 0.717) is 5.33 Å². The number of aryl methyl sites for hydroxylation is 1. The highest BCUT2D eigenvalue weighted by molar-refractivity contribution is 9.09. The molecule has 0 aromatic carbocycles. The van der Waals surface area contributed by atoms with E-state index in [1.807, 2.05) is 17.8 Å². The average molecular weight is 199 g/mol. The van der Waals surface area contributed by atoms with Gasteiger partial charge in [-0.1, -0.05) is 21.9 Å². The first-order valence-corrected chi connectivity index (χ1v) is 3.99. The molecule has 0 aliphatic heterocycles. The third-order valence-corrected chi connectivity index (χ3v) is 1.37. The summed E-state index contributed by atoms with van der Waals surface area (Å²) in [6.45, 7) is 0. The van der Waals surface area contributed by atoms with Crippen LogP contribution in [-0.4, -0.2) is 14.9 Å². The Bertz CT molecular complexity index is 267. The maximum Gasteiger partial charge on any atom is 0.185 e. The molecule has 0 aliphatic carbocycles. The van der Waals surface area contributed by atoms with Crippen molar-refractivity contribution >= 4 is 15.9 Å². The van der Waals surface area contributed by atoms with Crippen molar-refractivity contribution in [3.63, 3.8) is 0 Å². The maximum atomic E-state index is 4.02. The van der Waals surface area contributed by atoms with Crippen molar-refractivity contribution in [2.24, 2.45) is 7.05 Å². The number of hydrogen-bond donors (Lipinski definition) is 0. The van der Waals surface area contributed by atoms with Gasteiger partial charge >= 0.3 is 0 Å². The number of alkyl halides is 1. The molecule has 52 valence electrons. The van der Waals surface area contributed by atoms with Crippen LogP contribution in [0.2, 0.25) is 0 Å². The second-order valence-electron chi connectivity index (χ2n) is 1.80. The summed E-state index contributed by atoms with van der Waals surface area (Å²) in [4.78, 5) is 4.02. The minimum absolute atomic E-state index is 0.694. The van der Waals surface area contributed by atoms with Crippen LogP contribution in [0.25, 0.3) is 0 Å². The van der Waals surface area contributed by atoms with Gasteiger partial charge in [0.25, 0.3) is 0 Å². The van der Waals surface area contributed by atoms with Gasteiger partial charge in [0.2, 0.25) is 0 Å². The van der Waals surface area contributed by atoms with E-state index in [1.165, 1.54) is 0 Å². The summed E-state index contributed by atoms with van der Waals surface area (Å²) in [6, 6.07) is 0. The topological polar surface area (TPSA) is 17.8 Å². The lowest BCUT2D eigenvalue weighted by atomic mass is 10.6. The van der Waals surface area contributed by atoms with Gasteiger partial charge in [-0.15, -0.1) is 0 Å². The molecule has 0 radical (unpaired) electrons. The number of imidazole rings is 1. The molecule has 0 amide bonds. The molecule has 0 atom stereocenters. The maximum absolute atomic E-state index is 4.02. The molecule has 0 unspecified atom stereocenters. The van der Waals surface area contributed by atoms with Crippen molar-refractivity contribution in [2.75, 3.05) is 5.33 Å². The summed E-state index contributed by atoms with van der Waals surface area (Å²) < 4.78 is 1.88. The molecular weight excluding hydrogens is 192 g/mol. The lowest BCUT2D eigenvalue weighted by Crippen LogP contribution is -1.90. The van der Waals surface area contributed by atoms with Crippen LogP contribution in [-0.2, 0) is 7.05 Å². The minimum Gasteiger partial charge on any atom is -0.327 e. The van der Waals surface area contributed by atoms with E-state index in [-0.39, 0.29) is 0 Å². The molecule has 1 rings (SSSR count). The zero-order valence-electron chi connectivity index (χ0n) is 5.63. The molecule has 0 fully saturated rings. The molecule has 3 heteroatoms. The highest BCUT2D eigenvalue weighted by Gasteiger charge is 1.89. The Labute approximate surface area is 68.4 Å². The second-order valence-corrected chi connectivity index (χ2v) is 2.36. The number of halogens is 1. The lowest BCUT2D eigenvalue weighted by Gasteiger charge is -1.87. The summed E-state index contributed by atoms with van der Waals surface area (Å²) in [5.41, 5.74) is 0. The van der Waals surface area contributed by atoms with Crippen LogP contribution in [0.5, 0.6) is 0 Å².